The van der Waals surface area contributed by atoms with Crippen molar-refractivity contribution in [2.24, 2.45) is 0 Å². The second-order valence-electron chi connectivity index (χ2n) is 5.61. The van der Waals surface area contributed by atoms with Crippen molar-refractivity contribution in [2.75, 3.05) is 17.8 Å². The average Bonchev–Trinajstić information content (AvgIpc) is 3.09. The van der Waals surface area contributed by atoms with Crippen molar-refractivity contribution in [3.8, 4) is 0 Å². The summed E-state index contributed by atoms with van der Waals surface area (Å²) >= 11 is 5.95. The molecule has 5 nitrogen and oxygen atoms in total. The molecule has 1 fully saturated rings. The Morgan fingerprint density at radius 2 is 1.62 bits per heavy atom. The molecule has 0 unspecified atom stereocenters. The number of nitrogens with one attached hydrogen (secondary N) is 1. The molecule has 0 aliphatic carbocycles. The van der Waals surface area contributed by atoms with Gasteiger partial charge in [0.05, 0.1) is 5.02 Å². The molecular weight excluding hydrogens is 348 g/mol. The summed E-state index contributed by atoms with van der Waals surface area (Å²) in [4.78, 5) is 14.1. The summed E-state index contributed by atoms with van der Waals surface area (Å²) in [6, 6.07) is 12.7. The zero-order valence-corrected chi connectivity index (χ0v) is 14.5. The third-order valence-electron chi connectivity index (χ3n) is 3.90. The average molecular weight is 365 g/mol. The Hall–Kier alpha value is -2.05. The largest absolute Gasteiger partial charge is 0.339 e. The van der Waals surface area contributed by atoms with Gasteiger partial charge in [-0.25, -0.2) is 8.42 Å². The molecule has 0 spiro atoms. The molecule has 2 aromatic carbocycles. The van der Waals surface area contributed by atoms with Crippen LogP contribution in [-0.2, 0) is 10.0 Å². The van der Waals surface area contributed by atoms with Crippen molar-refractivity contribution < 1.29 is 13.2 Å². The fourth-order valence-corrected chi connectivity index (χ4v) is 4.24. The molecule has 0 saturated carbocycles. The first kappa shape index (κ1) is 16.8. The molecule has 1 N–H and O–H groups in total. The van der Waals surface area contributed by atoms with E-state index in [9.17, 15) is 13.2 Å². The molecule has 24 heavy (non-hydrogen) atoms. The molecule has 0 atom stereocenters. The number of carbonyl (C=O) groups is 1. The second kappa shape index (κ2) is 6.83. The van der Waals surface area contributed by atoms with E-state index in [2.05, 4.69) is 4.72 Å². The first-order valence-corrected chi connectivity index (χ1v) is 9.50. The van der Waals surface area contributed by atoms with Crippen molar-refractivity contribution >= 4 is 33.2 Å². The summed E-state index contributed by atoms with van der Waals surface area (Å²) in [5.41, 5.74) is 0.936. The standard InChI is InChI=1S/C17H17ClN2O3S/c18-15-5-1-2-6-16(15)24(22,23)19-14-9-7-13(8-10-14)17(21)20-11-3-4-12-20/h1-2,5-10,19H,3-4,11-12H2. The van der Waals surface area contributed by atoms with E-state index in [0.717, 1.165) is 25.9 Å². The number of carbonyl (C=O) groups excluding carboxylic acids is 1. The van der Waals surface area contributed by atoms with Crippen LogP contribution < -0.4 is 4.72 Å². The van der Waals surface area contributed by atoms with E-state index in [1.165, 1.54) is 12.1 Å². The number of hydrogen-bond acceptors (Lipinski definition) is 3. The van der Waals surface area contributed by atoms with E-state index in [1.807, 2.05) is 4.90 Å². The third-order valence-corrected chi connectivity index (χ3v) is 5.78. The van der Waals surface area contributed by atoms with E-state index < -0.39 is 10.0 Å². The molecule has 0 radical (unpaired) electrons. The highest BCUT2D eigenvalue weighted by molar-refractivity contribution is 7.92. The molecule has 0 bridgehead atoms. The lowest BCUT2D eigenvalue weighted by Gasteiger charge is -2.15. The molecule has 1 aliphatic heterocycles. The van der Waals surface area contributed by atoms with Crippen molar-refractivity contribution in [1.82, 2.24) is 4.90 Å². The van der Waals surface area contributed by atoms with Crippen molar-refractivity contribution in [3.63, 3.8) is 0 Å². The molecular formula is C17H17ClN2O3S. The second-order valence-corrected chi connectivity index (χ2v) is 7.67. The maximum Gasteiger partial charge on any atom is 0.263 e. The highest BCUT2D eigenvalue weighted by atomic mass is 35.5. The lowest BCUT2D eigenvalue weighted by atomic mass is 10.2. The normalized spacial score (nSPS) is 14.6. The molecule has 1 amide bonds. The van der Waals surface area contributed by atoms with Crippen LogP contribution in [0.1, 0.15) is 23.2 Å². The Labute approximate surface area is 146 Å². The summed E-state index contributed by atoms with van der Waals surface area (Å²) in [7, 11) is -3.77. The lowest BCUT2D eigenvalue weighted by molar-refractivity contribution is 0.0793. The monoisotopic (exact) mass is 364 g/mol. The highest BCUT2D eigenvalue weighted by Gasteiger charge is 2.20. The van der Waals surface area contributed by atoms with Crippen LogP contribution in [0.25, 0.3) is 0 Å². The summed E-state index contributed by atoms with van der Waals surface area (Å²) in [6.07, 6.45) is 2.06. The molecule has 7 heteroatoms. The third kappa shape index (κ3) is 3.55. The maximum absolute atomic E-state index is 12.4. The van der Waals surface area contributed by atoms with Gasteiger partial charge in [0.25, 0.3) is 15.9 Å². The summed E-state index contributed by atoms with van der Waals surface area (Å²) in [5, 5.41) is 0.158. The Balaban J connectivity index is 1.76. The molecule has 3 rings (SSSR count). The number of nitrogens with zero attached hydrogens (tertiary/aromatic N) is 1. The van der Waals surface area contributed by atoms with Crippen LogP contribution in [0.5, 0.6) is 0 Å². The lowest BCUT2D eigenvalue weighted by Crippen LogP contribution is -2.27. The van der Waals surface area contributed by atoms with Gasteiger partial charge in [-0.05, 0) is 49.2 Å². The fraction of sp³-hybridized carbons (Fsp3) is 0.235. The van der Waals surface area contributed by atoms with Crippen molar-refractivity contribution in [1.29, 1.82) is 0 Å². The number of likely N-dealkylation sites (tertiary alicyclic amines) is 1. The number of sulfonamides is 1. The van der Waals surface area contributed by atoms with E-state index in [0.29, 0.717) is 11.3 Å². The van der Waals surface area contributed by atoms with E-state index >= 15 is 0 Å². The molecule has 2 aromatic rings. The van der Waals surface area contributed by atoms with E-state index in [4.69, 9.17) is 11.6 Å². The van der Waals surface area contributed by atoms with Gasteiger partial charge >= 0.3 is 0 Å². The minimum absolute atomic E-state index is 0.0175. The predicted octanol–water partition coefficient (Wildman–Crippen LogP) is 3.38. The van der Waals surface area contributed by atoms with Crippen LogP contribution in [0.3, 0.4) is 0 Å². The zero-order valence-electron chi connectivity index (χ0n) is 12.9. The highest BCUT2D eigenvalue weighted by Crippen LogP contribution is 2.23. The number of rotatable bonds is 4. The molecule has 126 valence electrons. The SMILES string of the molecule is O=C(c1ccc(NS(=O)(=O)c2ccccc2Cl)cc1)N1CCCC1. The van der Waals surface area contributed by atoms with Gasteiger partial charge in [-0.3, -0.25) is 9.52 Å². The van der Waals surface area contributed by atoms with Gasteiger partial charge in [-0.2, -0.15) is 0 Å². The van der Waals surface area contributed by atoms with Gasteiger partial charge in [0.15, 0.2) is 0 Å². The quantitative estimate of drug-likeness (QED) is 0.904. The summed E-state index contributed by atoms with van der Waals surface area (Å²) < 4.78 is 27.2. The molecule has 0 aromatic heterocycles. The van der Waals surface area contributed by atoms with Crippen LogP contribution in [0, 0.1) is 0 Å². The fourth-order valence-electron chi connectivity index (χ4n) is 2.66. The van der Waals surface area contributed by atoms with Crippen molar-refractivity contribution in [3.05, 3.63) is 59.1 Å². The topological polar surface area (TPSA) is 66.5 Å². The van der Waals surface area contributed by atoms with Crippen LogP contribution in [0.2, 0.25) is 5.02 Å². The molecule has 1 saturated heterocycles. The number of benzene rings is 2. The minimum atomic E-state index is -3.77. The smallest absolute Gasteiger partial charge is 0.263 e. The van der Waals surface area contributed by atoms with Gasteiger partial charge in [-0.15, -0.1) is 0 Å². The van der Waals surface area contributed by atoms with Crippen molar-refractivity contribution in [2.45, 2.75) is 17.7 Å². The van der Waals surface area contributed by atoms with Crippen LogP contribution >= 0.6 is 11.6 Å². The van der Waals surface area contributed by atoms with Gasteiger partial charge in [0.2, 0.25) is 0 Å². The number of anilines is 1. The predicted molar refractivity (Wildman–Crippen MR) is 93.8 cm³/mol. The van der Waals surface area contributed by atoms with Gasteiger partial charge in [0.1, 0.15) is 4.90 Å². The number of amides is 1. The zero-order chi connectivity index (χ0) is 17.2. The van der Waals surface area contributed by atoms with Crippen LogP contribution in [0.4, 0.5) is 5.69 Å². The van der Waals surface area contributed by atoms with Gasteiger partial charge in [-0.1, -0.05) is 23.7 Å². The summed E-state index contributed by atoms with van der Waals surface area (Å²) in [5.74, 6) is -0.0204. The summed E-state index contributed by atoms with van der Waals surface area (Å²) in [6.45, 7) is 1.56. The first-order chi connectivity index (χ1) is 11.5. The van der Waals surface area contributed by atoms with Gasteiger partial charge < -0.3 is 4.90 Å². The Morgan fingerprint density at radius 1 is 1.00 bits per heavy atom. The molecule has 1 aliphatic rings. The Kier molecular flexibility index (Phi) is 4.78. The van der Waals surface area contributed by atoms with Gasteiger partial charge in [0, 0.05) is 24.3 Å². The van der Waals surface area contributed by atoms with Crippen LogP contribution in [0.15, 0.2) is 53.4 Å². The first-order valence-electron chi connectivity index (χ1n) is 7.64. The Morgan fingerprint density at radius 3 is 2.25 bits per heavy atom. The van der Waals surface area contributed by atoms with Crippen LogP contribution in [-0.4, -0.2) is 32.3 Å². The number of hydrogen-bond donors (Lipinski definition) is 1. The van der Waals surface area contributed by atoms with E-state index in [-0.39, 0.29) is 15.8 Å². The maximum atomic E-state index is 12.4. The van der Waals surface area contributed by atoms with E-state index in [1.54, 1.807) is 36.4 Å². The number of halogens is 1. The minimum Gasteiger partial charge on any atom is -0.339 e. The molecule has 1 heterocycles. The Bertz CT molecular complexity index is 844.